The molecule has 6 amide bonds. The first-order valence-corrected chi connectivity index (χ1v) is 27.2. The van der Waals surface area contributed by atoms with Gasteiger partial charge in [0.2, 0.25) is 46.9 Å². The van der Waals surface area contributed by atoms with E-state index in [4.69, 9.17) is 8.83 Å². The number of nitrogens with one attached hydrogen (secondary N) is 6. The largest absolute Gasteiger partial charge is 0.433 e. The lowest BCUT2D eigenvalue weighted by atomic mass is 9.98. The molecule has 2 saturated heterocycles. The summed E-state index contributed by atoms with van der Waals surface area (Å²) in [6, 6.07) is 33.9. The van der Waals surface area contributed by atoms with Gasteiger partial charge in [-0.1, -0.05) is 147 Å². The molecule has 2 aromatic heterocycles. The number of hydrogen-bond donors (Lipinski definition) is 6. The highest BCUT2D eigenvalue weighted by atomic mass is 16.4. The summed E-state index contributed by atoms with van der Waals surface area (Å²) in [7, 11) is 3.36. The maximum atomic E-state index is 14.5. The Kier molecular flexibility index (Phi) is 19.7. The highest BCUT2D eigenvalue weighted by Crippen LogP contribution is 2.35. The van der Waals surface area contributed by atoms with E-state index in [1.807, 2.05) is 121 Å². The Morgan fingerprint density at radius 3 is 1.15 bits per heavy atom. The van der Waals surface area contributed by atoms with Gasteiger partial charge in [-0.25, -0.2) is 9.97 Å². The number of amides is 6. The van der Waals surface area contributed by atoms with E-state index < -0.39 is 60.1 Å². The molecule has 0 aliphatic carbocycles. The summed E-state index contributed by atoms with van der Waals surface area (Å²) in [5, 5.41) is 18.1. The zero-order valence-electron chi connectivity index (χ0n) is 44.9. The predicted octanol–water partition coefficient (Wildman–Crippen LogP) is 7.25. The van der Waals surface area contributed by atoms with Crippen molar-refractivity contribution in [1.82, 2.24) is 51.7 Å². The van der Waals surface area contributed by atoms with Crippen LogP contribution in [0.1, 0.15) is 157 Å². The van der Waals surface area contributed by atoms with Gasteiger partial charge in [-0.15, -0.1) is 0 Å². The second-order valence-corrected chi connectivity index (χ2v) is 20.1. The second-order valence-electron chi connectivity index (χ2n) is 20.1. The average Bonchev–Trinajstić information content (AvgIpc) is 4.35. The minimum Gasteiger partial charge on any atom is -0.433 e. The first kappa shape index (κ1) is 56.2. The van der Waals surface area contributed by atoms with Crippen molar-refractivity contribution in [1.29, 1.82) is 0 Å². The number of aromatic nitrogens is 2. The fraction of sp³-hybridized carbons (Fsp3) is 0.400. The number of carbonyl (C=O) groups excluding carboxylic acids is 6. The van der Waals surface area contributed by atoms with Crippen LogP contribution >= 0.6 is 0 Å². The van der Waals surface area contributed by atoms with Gasteiger partial charge in [0, 0.05) is 13.1 Å². The van der Waals surface area contributed by atoms with Gasteiger partial charge in [0.1, 0.15) is 24.2 Å². The fourth-order valence-corrected chi connectivity index (χ4v) is 10.2. The number of carbonyl (C=O) groups is 6. The molecule has 6 N–H and O–H groups in total. The van der Waals surface area contributed by atoms with Crippen molar-refractivity contribution >= 4 is 35.4 Å². The third-order valence-electron chi connectivity index (χ3n) is 14.8. The molecule has 4 heterocycles. The Morgan fingerprint density at radius 2 is 0.833 bits per heavy atom. The van der Waals surface area contributed by atoms with Gasteiger partial charge in [0.05, 0.1) is 36.6 Å². The summed E-state index contributed by atoms with van der Waals surface area (Å²) in [5.41, 5.74) is 3.61. The lowest BCUT2D eigenvalue weighted by molar-refractivity contribution is -0.138. The Balaban J connectivity index is 0.883. The van der Waals surface area contributed by atoms with Crippen molar-refractivity contribution in [3.8, 4) is 0 Å². The van der Waals surface area contributed by atoms with Crippen molar-refractivity contribution in [2.75, 3.05) is 27.2 Å². The first-order chi connectivity index (χ1) is 37.9. The Hall–Kier alpha value is -7.96. The summed E-state index contributed by atoms with van der Waals surface area (Å²) in [6.07, 6.45) is 8.53. The van der Waals surface area contributed by atoms with Gasteiger partial charge in [-0.05, 0) is 88.7 Å². The SMILES string of the molecule is CN[C@@H](C)C(=O)N[C@@H](CCCCCC[C@H](NC(=O)[C@H](C)NC)C(=O)N1CCC[C@H]1c1ncc(C(=O)NC(c2ccccc2)c2ccccc2)o1)C(=O)N1CCC[C@H]1c1ncc(C(=O)NC(c2ccccc2)c2ccccc2)o1. The molecule has 8 rings (SSSR count). The van der Waals surface area contributed by atoms with Gasteiger partial charge >= 0.3 is 0 Å². The molecule has 0 radical (unpaired) electrons. The van der Waals surface area contributed by atoms with Crippen LogP contribution in [0.15, 0.2) is 143 Å². The van der Waals surface area contributed by atoms with Crippen LogP contribution in [0.5, 0.6) is 0 Å². The van der Waals surface area contributed by atoms with E-state index in [2.05, 4.69) is 41.9 Å². The fourth-order valence-electron chi connectivity index (χ4n) is 10.2. The molecule has 18 heteroatoms. The molecular weight excluding hydrogens is 989 g/mol. The molecule has 410 valence electrons. The van der Waals surface area contributed by atoms with E-state index in [1.54, 1.807) is 37.7 Å². The van der Waals surface area contributed by atoms with Crippen LogP contribution < -0.4 is 31.9 Å². The van der Waals surface area contributed by atoms with Gasteiger partial charge < -0.3 is 50.5 Å². The summed E-state index contributed by atoms with van der Waals surface area (Å²) in [4.78, 5) is 95.5. The van der Waals surface area contributed by atoms with Gasteiger partial charge in [-0.2, -0.15) is 0 Å². The van der Waals surface area contributed by atoms with E-state index in [1.165, 1.54) is 12.4 Å². The van der Waals surface area contributed by atoms with Crippen molar-refractivity contribution in [3.05, 3.63) is 179 Å². The molecule has 0 spiro atoms. The zero-order valence-corrected chi connectivity index (χ0v) is 44.9. The monoisotopic (exact) mass is 1060 g/mol. The molecule has 6 aromatic rings. The number of likely N-dealkylation sites (tertiary alicyclic amines) is 2. The minimum absolute atomic E-state index is 0.0242. The quantitative estimate of drug-likeness (QED) is 0.0311. The van der Waals surface area contributed by atoms with Gasteiger partial charge in [0.15, 0.2) is 0 Å². The zero-order chi connectivity index (χ0) is 55.0. The maximum Gasteiger partial charge on any atom is 0.289 e. The van der Waals surface area contributed by atoms with E-state index >= 15 is 0 Å². The number of nitrogens with zero attached hydrogens (tertiary/aromatic N) is 4. The highest BCUT2D eigenvalue weighted by Gasteiger charge is 2.40. The topological polar surface area (TPSA) is 233 Å². The molecule has 2 aliphatic heterocycles. The van der Waals surface area contributed by atoms with Crippen LogP contribution in [-0.4, -0.2) is 107 Å². The lowest BCUT2D eigenvalue weighted by Crippen LogP contribution is -2.52. The van der Waals surface area contributed by atoms with Crippen LogP contribution in [-0.2, 0) is 19.2 Å². The van der Waals surface area contributed by atoms with Crippen LogP contribution in [0.4, 0.5) is 0 Å². The number of benzene rings is 4. The molecule has 78 heavy (non-hydrogen) atoms. The lowest BCUT2D eigenvalue weighted by Gasteiger charge is -2.29. The molecule has 2 aliphatic rings. The Bertz CT molecular complexity index is 2640. The number of likely N-dealkylation sites (N-methyl/N-ethyl adjacent to an activating group) is 2. The normalized spacial score (nSPS) is 16.8. The summed E-state index contributed by atoms with van der Waals surface area (Å²) in [6.45, 7) is 4.30. The Morgan fingerprint density at radius 1 is 0.500 bits per heavy atom. The van der Waals surface area contributed by atoms with Crippen molar-refractivity contribution in [2.24, 2.45) is 0 Å². The van der Waals surface area contributed by atoms with Crippen molar-refractivity contribution < 1.29 is 37.6 Å². The number of unbranched alkanes of at least 4 members (excludes halogenated alkanes) is 3. The predicted molar refractivity (Wildman–Crippen MR) is 293 cm³/mol. The first-order valence-electron chi connectivity index (χ1n) is 27.2. The molecule has 6 atom stereocenters. The van der Waals surface area contributed by atoms with Crippen molar-refractivity contribution in [3.63, 3.8) is 0 Å². The van der Waals surface area contributed by atoms with E-state index in [-0.39, 0.29) is 46.9 Å². The number of hydrogen-bond acceptors (Lipinski definition) is 12. The third-order valence-corrected chi connectivity index (χ3v) is 14.8. The summed E-state index contributed by atoms with van der Waals surface area (Å²) in [5.74, 6) is -1.50. The standard InChI is InChI=1S/C60H72N10O8/c1-39(61-3)53(71)65-45(59(75)69-35-21-33-47(69)57-63-37-49(77-57)55(73)67-51(41-23-11-7-12-24-41)42-25-13-8-14-26-42)31-19-5-6-20-32-46(66-54(72)40(2)62-4)60(76)70-36-22-34-48(70)58-64-38-50(78-58)56(74)68-52(43-27-15-9-16-28-43)44-29-17-10-18-30-44/h7-18,23-30,37-40,45-48,51-52,61-62H,5-6,19-22,31-36H2,1-4H3,(H,65,71)(H,66,72)(H,67,73)(H,68,74)/t39-,40-,45-,46-,47-,48-/m0/s1. The summed E-state index contributed by atoms with van der Waals surface area (Å²) >= 11 is 0. The Labute approximate surface area is 455 Å². The third kappa shape index (κ3) is 14.1. The average molecular weight is 1060 g/mol. The molecule has 18 nitrogen and oxygen atoms in total. The van der Waals surface area contributed by atoms with Crippen LogP contribution in [0.25, 0.3) is 0 Å². The van der Waals surface area contributed by atoms with Gasteiger partial charge in [-0.3, -0.25) is 28.8 Å². The second kappa shape index (κ2) is 27.4. The molecule has 0 saturated carbocycles. The van der Waals surface area contributed by atoms with E-state index in [0.29, 0.717) is 77.3 Å². The maximum absolute atomic E-state index is 14.5. The molecule has 0 bridgehead atoms. The van der Waals surface area contributed by atoms with Crippen LogP contribution in [0.3, 0.4) is 0 Å². The summed E-state index contributed by atoms with van der Waals surface area (Å²) < 4.78 is 12.2. The van der Waals surface area contributed by atoms with Crippen LogP contribution in [0, 0.1) is 0 Å². The van der Waals surface area contributed by atoms with Crippen LogP contribution in [0.2, 0.25) is 0 Å². The van der Waals surface area contributed by atoms with Gasteiger partial charge in [0.25, 0.3) is 11.8 Å². The molecule has 4 aromatic carbocycles. The minimum atomic E-state index is -0.844. The number of oxazole rings is 2. The highest BCUT2D eigenvalue weighted by molar-refractivity contribution is 5.93. The molecule has 2 fully saturated rings. The van der Waals surface area contributed by atoms with Crippen molar-refractivity contribution in [2.45, 2.75) is 126 Å². The van der Waals surface area contributed by atoms with E-state index in [0.717, 1.165) is 22.3 Å². The smallest absolute Gasteiger partial charge is 0.289 e. The number of rotatable bonds is 25. The molecular formula is C60H72N10O8. The molecule has 0 unspecified atom stereocenters. The van der Waals surface area contributed by atoms with E-state index in [9.17, 15) is 28.8 Å².